The number of carbonyl (C=O) groups is 1. The van der Waals surface area contributed by atoms with E-state index in [9.17, 15) is 23.1 Å². The van der Waals surface area contributed by atoms with Gasteiger partial charge in [-0.25, -0.2) is 0 Å². The van der Waals surface area contributed by atoms with Crippen molar-refractivity contribution >= 4 is 11.7 Å². The highest BCUT2D eigenvalue weighted by atomic mass is 19.4. The molecule has 0 aliphatic carbocycles. The van der Waals surface area contributed by atoms with Gasteiger partial charge in [-0.3, -0.25) is 15.1 Å². The molecule has 2 N–H and O–H groups in total. The first-order valence-corrected chi connectivity index (χ1v) is 8.28. The van der Waals surface area contributed by atoms with Crippen molar-refractivity contribution in [2.24, 2.45) is 0 Å². The number of hydrogen-bond donors (Lipinski definition) is 2. The number of hydrogen-bond acceptors (Lipinski definition) is 3. The molecule has 0 bridgehead atoms. The molecule has 27 heavy (non-hydrogen) atoms. The number of rotatable bonds is 8. The first-order chi connectivity index (χ1) is 12.7. The first kappa shape index (κ1) is 20.5. The largest absolute Gasteiger partial charge is 0.481 e. The van der Waals surface area contributed by atoms with E-state index in [2.05, 4.69) is 12.1 Å². The van der Waals surface area contributed by atoms with Gasteiger partial charge in [0.1, 0.15) is 0 Å². The minimum atomic E-state index is -4.37. The number of hydroxylamine groups is 1. The van der Waals surface area contributed by atoms with Gasteiger partial charge in [-0.2, -0.15) is 13.2 Å². The third-order valence-electron chi connectivity index (χ3n) is 4.08. The Balaban J connectivity index is 1.89. The van der Waals surface area contributed by atoms with Gasteiger partial charge < -0.3 is 5.11 Å². The molecular formula is C20H20F3NO3. The van der Waals surface area contributed by atoms with E-state index in [4.69, 9.17) is 4.84 Å². The van der Waals surface area contributed by atoms with E-state index in [-0.39, 0.29) is 6.61 Å². The predicted octanol–water partition coefficient (Wildman–Crippen LogP) is 4.98. The van der Waals surface area contributed by atoms with Gasteiger partial charge in [0.15, 0.2) is 0 Å². The number of carboxylic acids is 1. The highest BCUT2D eigenvalue weighted by Gasteiger charge is 2.29. The van der Waals surface area contributed by atoms with Gasteiger partial charge in [0.25, 0.3) is 0 Å². The summed E-state index contributed by atoms with van der Waals surface area (Å²) in [6, 6.07) is 11.6. The highest BCUT2D eigenvalue weighted by Crippen LogP contribution is 2.29. The summed E-state index contributed by atoms with van der Waals surface area (Å²) in [4.78, 5) is 16.5. The zero-order chi connectivity index (χ0) is 20.0. The number of halogens is 3. The van der Waals surface area contributed by atoms with Crippen LogP contribution >= 0.6 is 0 Å². The van der Waals surface area contributed by atoms with E-state index in [0.29, 0.717) is 28.8 Å². The predicted molar refractivity (Wildman–Crippen MR) is 95.5 cm³/mol. The highest BCUT2D eigenvalue weighted by molar-refractivity contribution is 5.76. The molecule has 0 fully saturated rings. The van der Waals surface area contributed by atoms with Crippen LogP contribution < -0.4 is 5.48 Å². The van der Waals surface area contributed by atoms with Crippen molar-refractivity contribution in [3.8, 4) is 0 Å². The lowest BCUT2D eigenvalue weighted by atomic mass is 9.95. The van der Waals surface area contributed by atoms with Crippen LogP contribution in [0.15, 0.2) is 55.1 Å². The average molecular weight is 379 g/mol. The Morgan fingerprint density at radius 2 is 1.74 bits per heavy atom. The summed E-state index contributed by atoms with van der Waals surface area (Å²) < 4.78 is 37.6. The molecule has 2 aromatic rings. The van der Waals surface area contributed by atoms with E-state index >= 15 is 0 Å². The third kappa shape index (κ3) is 5.59. The fourth-order valence-corrected chi connectivity index (χ4v) is 2.52. The minimum absolute atomic E-state index is 0.0617. The normalized spacial score (nSPS) is 12.4. The molecule has 0 radical (unpaired) electrons. The number of carboxylic acid groups (broad SMARTS) is 1. The fraction of sp³-hybridized carbons (Fsp3) is 0.250. The van der Waals surface area contributed by atoms with E-state index in [1.165, 1.54) is 12.1 Å². The molecule has 1 atom stereocenters. The minimum Gasteiger partial charge on any atom is -0.481 e. The maximum Gasteiger partial charge on any atom is 0.416 e. The van der Waals surface area contributed by atoms with Crippen LogP contribution in [0.1, 0.15) is 41.5 Å². The summed E-state index contributed by atoms with van der Waals surface area (Å²) in [6.07, 6.45) is -3.88. The van der Waals surface area contributed by atoms with Crippen molar-refractivity contribution < 1.29 is 27.9 Å². The van der Waals surface area contributed by atoms with Crippen molar-refractivity contribution in [3.63, 3.8) is 0 Å². The Morgan fingerprint density at radius 3 is 2.22 bits per heavy atom. The van der Waals surface area contributed by atoms with Crippen LogP contribution in [-0.4, -0.2) is 11.1 Å². The summed E-state index contributed by atoms with van der Waals surface area (Å²) in [5.41, 5.74) is 4.38. The van der Waals surface area contributed by atoms with Crippen molar-refractivity contribution in [1.82, 2.24) is 5.48 Å². The molecule has 0 heterocycles. The third-order valence-corrected chi connectivity index (χ3v) is 4.08. The maximum absolute atomic E-state index is 12.5. The van der Waals surface area contributed by atoms with E-state index in [1.54, 1.807) is 24.3 Å². The molecule has 2 aromatic carbocycles. The quantitative estimate of drug-likeness (QED) is 0.636. The van der Waals surface area contributed by atoms with Crippen molar-refractivity contribution in [2.75, 3.05) is 0 Å². The van der Waals surface area contributed by atoms with Gasteiger partial charge in [-0.05, 0) is 35.2 Å². The Bertz CT molecular complexity index is 784. The molecule has 0 spiro atoms. The lowest BCUT2D eigenvalue weighted by Crippen LogP contribution is -2.13. The van der Waals surface area contributed by atoms with Gasteiger partial charge >= 0.3 is 12.1 Å². The maximum atomic E-state index is 12.5. The molecule has 0 aliphatic heterocycles. The van der Waals surface area contributed by atoms with Crippen molar-refractivity contribution in [3.05, 3.63) is 77.4 Å². The smallest absolute Gasteiger partial charge is 0.416 e. The van der Waals surface area contributed by atoms with Crippen LogP contribution in [0.5, 0.6) is 0 Å². The second kappa shape index (κ2) is 8.73. The van der Waals surface area contributed by atoms with Gasteiger partial charge in [0, 0.05) is 0 Å². The molecule has 4 nitrogen and oxygen atoms in total. The Hall–Kier alpha value is -2.80. The van der Waals surface area contributed by atoms with Crippen molar-refractivity contribution in [2.45, 2.75) is 32.0 Å². The summed E-state index contributed by atoms with van der Waals surface area (Å²) in [5, 5.41) is 9.18. The molecule has 7 heteroatoms. The number of aliphatic carboxylic acids is 1. The number of benzene rings is 2. The van der Waals surface area contributed by atoms with Crippen LogP contribution in [0.2, 0.25) is 0 Å². The standard InChI is InChI=1S/C20H20F3NO3/c1-3-18(19(25)26)16-8-6-15(7-9-16)13(2)24-27-12-14-4-10-17(11-5-14)20(21,22)23/h4-11,18,24H,2-3,12H2,1H3,(H,25,26). The second-order valence-electron chi connectivity index (χ2n) is 5.99. The van der Waals surface area contributed by atoms with E-state index < -0.39 is 23.6 Å². The SMILES string of the molecule is C=C(NOCc1ccc(C(F)(F)F)cc1)c1ccc(C(CC)C(=O)O)cc1. The molecule has 1 unspecified atom stereocenters. The van der Waals surface area contributed by atoms with Crippen molar-refractivity contribution in [1.29, 1.82) is 0 Å². The first-order valence-electron chi connectivity index (χ1n) is 8.28. The monoisotopic (exact) mass is 379 g/mol. The van der Waals surface area contributed by atoms with Gasteiger partial charge in [-0.1, -0.05) is 49.9 Å². The Labute approximate surface area is 155 Å². The Kier molecular flexibility index (Phi) is 6.63. The molecule has 0 saturated carbocycles. The summed E-state index contributed by atoms with van der Waals surface area (Å²) in [5.74, 6) is -1.43. The van der Waals surface area contributed by atoms with Gasteiger partial charge in [0.05, 0.1) is 23.8 Å². The second-order valence-corrected chi connectivity index (χ2v) is 5.99. The van der Waals surface area contributed by atoms with Gasteiger partial charge in [-0.15, -0.1) is 0 Å². The van der Waals surface area contributed by atoms with Crippen LogP contribution in [-0.2, 0) is 22.4 Å². The van der Waals surface area contributed by atoms with Crippen LogP contribution in [0.3, 0.4) is 0 Å². The van der Waals surface area contributed by atoms with E-state index in [1.807, 2.05) is 6.92 Å². The van der Waals surface area contributed by atoms with Crippen LogP contribution in [0, 0.1) is 0 Å². The molecule has 0 amide bonds. The summed E-state index contributed by atoms with van der Waals surface area (Å²) in [6.45, 7) is 5.70. The molecule has 2 rings (SSSR count). The van der Waals surface area contributed by atoms with Crippen LogP contribution in [0.4, 0.5) is 13.2 Å². The average Bonchev–Trinajstić information content (AvgIpc) is 2.62. The topological polar surface area (TPSA) is 58.6 Å². The molecule has 0 aliphatic rings. The number of alkyl halides is 3. The Morgan fingerprint density at radius 1 is 1.15 bits per heavy atom. The number of nitrogens with one attached hydrogen (secondary N) is 1. The van der Waals surface area contributed by atoms with E-state index in [0.717, 1.165) is 12.1 Å². The molecule has 0 saturated heterocycles. The zero-order valence-electron chi connectivity index (χ0n) is 14.7. The molecular weight excluding hydrogens is 359 g/mol. The van der Waals surface area contributed by atoms with Gasteiger partial charge in [0.2, 0.25) is 0 Å². The lowest BCUT2D eigenvalue weighted by Gasteiger charge is -2.13. The zero-order valence-corrected chi connectivity index (χ0v) is 14.7. The molecule has 0 aromatic heterocycles. The lowest BCUT2D eigenvalue weighted by molar-refractivity contribution is -0.139. The fourth-order valence-electron chi connectivity index (χ4n) is 2.52. The summed E-state index contributed by atoms with van der Waals surface area (Å²) >= 11 is 0. The molecule has 144 valence electrons. The summed E-state index contributed by atoms with van der Waals surface area (Å²) in [7, 11) is 0. The van der Waals surface area contributed by atoms with Crippen LogP contribution in [0.25, 0.3) is 5.70 Å².